The van der Waals surface area contributed by atoms with Crippen LogP contribution < -0.4 is 15.4 Å². The Morgan fingerprint density at radius 2 is 1.77 bits per heavy atom. The number of rotatable bonds is 10. The third-order valence-electron chi connectivity index (χ3n) is 6.03. The van der Waals surface area contributed by atoms with Crippen LogP contribution in [0, 0.1) is 18.6 Å². The summed E-state index contributed by atoms with van der Waals surface area (Å²) in [6.45, 7) is 1.29. The first-order valence-electron chi connectivity index (χ1n) is 12.2. The number of hydrogen-bond donors (Lipinski definition) is 2. The number of pyridine rings is 1. The molecular formula is C28H26ClF3N4O4. The number of hydrogen-bond acceptors (Lipinski definition) is 5. The van der Waals surface area contributed by atoms with E-state index < -0.39 is 42.5 Å². The second-order valence-corrected chi connectivity index (χ2v) is 9.75. The van der Waals surface area contributed by atoms with Crippen molar-refractivity contribution in [2.24, 2.45) is 0 Å². The largest absolute Gasteiger partial charge is 0.485 e. The van der Waals surface area contributed by atoms with Gasteiger partial charge in [-0.1, -0.05) is 48.0 Å². The van der Waals surface area contributed by atoms with Gasteiger partial charge < -0.3 is 20.1 Å². The van der Waals surface area contributed by atoms with Gasteiger partial charge in [0.25, 0.3) is 5.91 Å². The molecule has 2 heterocycles. The fourth-order valence-corrected chi connectivity index (χ4v) is 4.08. The molecule has 0 saturated heterocycles. The van der Waals surface area contributed by atoms with Gasteiger partial charge in [-0.25, -0.2) is 22.9 Å². The van der Waals surface area contributed by atoms with Crippen molar-refractivity contribution in [2.45, 2.75) is 32.6 Å². The molecule has 2 amide bonds. The molecule has 4 aromatic rings. The second-order valence-electron chi connectivity index (χ2n) is 9.31. The number of alkyl halides is 1. The maximum absolute atomic E-state index is 14.1. The number of ether oxygens (including phenoxy) is 2. The van der Waals surface area contributed by atoms with Gasteiger partial charge in [0, 0.05) is 18.8 Å². The monoisotopic (exact) mass is 574 g/mol. The Balaban J connectivity index is 1.46. The number of fused-ring (bicyclic) bond motifs is 1. The van der Waals surface area contributed by atoms with Gasteiger partial charge in [-0.2, -0.15) is 0 Å². The molecule has 40 heavy (non-hydrogen) atoms. The predicted octanol–water partition coefficient (Wildman–Crippen LogP) is 5.54. The molecule has 2 aromatic carbocycles. The lowest BCUT2D eigenvalue weighted by atomic mass is 10.1. The smallest absolute Gasteiger partial charge is 0.408 e. The molecule has 0 bridgehead atoms. The number of amides is 2. The van der Waals surface area contributed by atoms with Crippen molar-refractivity contribution in [2.75, 3.05) is 13.2 Å². The van der Waals surface area contributed by atoms with Gasteiger partial charge in [-0.3, -0.25) is 9.20 Å². The predicted molar refractivity (Wildman–Crippen MR) is 142 cm³/mol. The van der Waals surface area contributed by atoms with Gasteiger partial charge in [0.1, 0.15) is 37.2 Å². The Kier molecular flexibility index (Phi) is 8.83. The van der Waals surface area contributed by atoms with Crippen molar-refractivity contribution in [3.8, 4) is 5.75 Å². The molecule has 210 valence electrons. The van der Waals surface area contributed by atoms with E-state index in [-0.39, 0.29) is 40.8 Å². The van der Waals surface area contributed by atoms with Crippen LogP contribution in [0.1, 0.15) is 34.2 Å². The molecule has 8 nitrogen and oxygen atoms in total. The van der Waals surface area contributed by atoms with E-state index in [9.17, 15) is 22.8 Å². The van der Waals surface area contributed by atoms with E-state index in [1.165, 1.54) is 29.7 Å². The first kappa shape index (κ1) is 28.8. The highest BCUT2D eigenvalue weighted by Crippen LogP contribution is 2.28. The van der Waals surface area contributed by atoms with E-state index in [0.29, 0.717) is 5.69 Å². The third-order valence-corrected chi connectivity index (χ3v) is 6.23. The van der Waals surface area contributed by atoms with Crippen LogP contribution in [0.2, 0.25) is 5.02 Å². The van der Waals surface area contributed by atoms with E-state index in [0.717, 1.165) is 17.7 Å². The van der Waals surface area contributed by atoms with Crippen LogP contribution in [0.5, 0.6) is 5.75 Å². The van der Waals surface area contributed by atoms with Gasteiger partial charge in [0.15, 0.2) is 11.4 Å². The minimum absolute atomic E-state index is 0.00285. The first-order chi connectivity index (χ1) is 19.1. The summed E-state index contributed by atoms with van der Waals surface area (Å²) in [6.07, 6.45) is 0.583. The Labute approximate surface area is 233 Å². The number of benzene rings is 2. The van der Waals surface area contributed by atoms with Gasteiger partial charge in [0.05, 0.1) is 21.8 Å². The fraction of sp³-hybridized carbons (Fsp3) is 0.250. The van der Waals surface area contributed by atoms with Gasteiger partial charge >= 0.3 is 6.09 Å². The SMILES string of the molecule is Cc1nc2c(OCc3c(F)cccc3F)cc(Cl)cn2c1C(=O)NCC(C)(CF)NC(=O)OCc1ccccc1. The van der Waals surface area contributed by atoms with Gasteiger partial charge in [0.2, 0.25) is 0 Å². The fourth-order valence-electron chi connectivity index (χ4n) is 3.89. The second kappa shape index (κ2) is 12.3. The zero-order valence-electron chi connectivity index (χ0n) is 21.6. The summed E-state index contributed by atoms with van der Waals surface area (Å²) in [5, 5.41) is 5.22. The number of aryl methyl sites for hydroxylation is 1. The number of nitrogens with one attached hydrogen (secondary N) is 2. The van der Waals surface area contributed by atoms with E-state index in [4.69, 9.17) is 21.1 Å². The van der Waals surface area contributed by atoms with Crippen molar-refractivity contribution >= 4 is 29.2 Å². The van der Waals surface area contributed by atoms with Crippen LogP contribution in [0.4, 0.5) is 18.0 Å². The molecule has 0 radical (unpaired) electrons. The van der Waals surface area contributed by atoms with Gasteiger partial charge in [-0.05, 0) is 31.5 Å². The molecule has 0 spiro atoms. The van der Waals surface area contributed by atoms with E-state index in [2.05, 4.69) is 15.6 Å². The van der Waals surface area contributed by atoms with Crippen LogP contribution >= 0.6 is 11.6 Å². The van der Waals surface area contributed by atoms with Crippen molar-refractivity contribution in [3.63, 3.8) is 0 Å². The number of halogens is 4. The highest BCUT2D eigenvalue weighted by atomic mass is 35.5. The summed E-state index contributed by atoms with van der Waals surface area (Å²) in [5.74, 6) is -2.08. The van der Waals surface area contributed by atoms with Crippen LogP contribution in [-0.4, -0.2) is 40.1 Å². The number of alkyl carbamates (subject to hydrolysis) is 1. The lowest BCUT2D eigenvalue weighted by Crippen LogP contribution is -2.55. The highest BCUT2D eigenvalue weighted by Gasteiger charge is 2.29. The van der Waals surface area contributed by atoms with Gasteiger partial charge in [-0.15, -0.1) is 0 Å². The Bertz CT molecular complexity index is 1510. The van der Waals surface area contributed by atoms with E-state index >= 15 is 0 Å². The van der Waals surface area contributed by atoms with Crippen LogP contribution in [0.15, 0.2) is 60.8 Å². The molecule has 0 fully saturated rings. The van der Waals surface area contributed by atoms with Crippen LogP contribution in [0.25, 0.3) is 5.65 Å². The number of carbonyl (C=O) groups excluding carboxylic acids is 2. The molecule has 0 aliphatic carbocycles. The van der Waals surface area contributed by atoms with Crippen molar-refractivity contribution in [3.05, 3.63) is 100.0 Å². The molecule has 2 N–H and O–H groups in total. The minimum Gasteiger partial charge on any atom is -0.485 e. The average molecular weight is 575 g/mol. The Hall–Kier alpha value is -4.25. The summed E-state index contributed by atoms with van der Waals surface area (Å²) in [5.41, 5.74) is -0.432. The molecule has 4 rings (SSSR count). The molecular weight excluding hydrogens is 549 g/mol. The summed E-state index contributed by atoms with van der Waals surface area (Å²) in [4.78, 5) is 29.8. The van der Waals surface area contributed by atoms with Crippen LogP contribution in [-0.2, 0) is 18.0 Å². The van der Waals surface area contributed by atoms with Crippen molar-refractivity contribution in [1.29, 1.82) is 0 Å². The number of nitrogens with zero attached hydrogens (tertiary/aromatic N) is 2. The van der Waals surface area contributed by atoms with Crippen molar-refractivity contribution < 1.29 is 32.2 Å². The third kappa shape index (κ3) is 6.66. The molecule has 1 unspecified atom stereocenters. The number of carbonyl (C=O) groups is 2. The summed E-state index contributed by atoms with van der Waals surface area (Å²) >= 11 is 6.24. The zero-order valence-corrected chi connectivity index (χ0v) is 22.4. The lowest BCUT2D eigenvalue weighted by molar-refractivity contribution is 0.0916. The number of imidazole rings is 1. The maximum Gasteiger partial charge on any atom is 0.408 e. The standard InChI is InChI=1S/C28H26ClF3N4O4/c1-17-24(26(37)33-16-28(2,15-30)35-27(38)40-13-18-7-4-3-5-8-18)36-12-19(29)11-23(25(36)34-17)39-14-20-21(31)9-6-10-22(20)32/h3-12H,13-16H2,1-2H3,(H,33,37)(H,35,38). The molecule has 0 saturated carbocycles. The maximum atomic E-state index is 14.1. The lowest BCUT2D eigenvalue weighted by Gasteiger charge is -2.27. The topological polar surface area (TPSA) is 94.0 Å². The van der Waals surface area contributed by atoms with E-state index in [1.807, 2.05) is 6.07 Å². The first-order valence-corrected chi connectivity index (χ1v) is 12.5. The molecule has 0 aliphatic rings. The summed E-state index contributed by atoms with van der Waals surface area (Å²) in [6, 6.07) is 13.9. The zero-order chi connectivity index (χ0) is 28.9. The molecule has 12 heteroatoms. The average Bonchev–Trinajstić information content (AvgIpc) is 3.26. The van der Waals surface area contributed by atoms with E-state index in [1.54, 1.807) is 31.2 Å². The Morgan fingerprint density at radius 1 is 1.07 bits per heavy atom. The summed E-state index contributed by atoms with van der Waals surface area (Å²) in [7, 11) is 0. The Morgan fingerprint density at radius 3 is 2.45 bits per heavy atom. The normalized spacial score (nSPS) is 12.6. The molecule has 2 aromatic heterocycles. The molecule has 0 aliphatic heterocycles. The minimum atomic E-state index is -1.46. The van der Waals surface area contributed by atoms with Crippen LogP contribution in [0.3, 0.4) is 0 Å². The van der Waals surface area contributed by atoms with Crippen molar-refractivity contribution in [1.82, 2.24) is 20.0 Å². The number of aromatic nitrogens is 2. The quantitative estimate of drug-likeness (QED) is 0.259. The highest BCUT2D eigenvalue weighted by molar-refractivity contribution is 6.30. The summed E-state index contributed by atoms with van der Waals surface area (Å²) < 4.78 is 54.2. The molecule has 1 atom stereocenters.